The molecule has 1 aliphatic heterocycles. The highest BCUT2D eigenvalue weighted by Crippen LogP contribution is 2.24. The van der Waals surface area contributed by atoms with Crippen molar-refractivity contribution in [3.05, 3.63) is 29.3 Å². The second-order valence-electron chi connectivity index (χ2n) is 5.21. The molecule has 1 aromatic carbocycles. The standard InChI is InChI=1S/C15H22N2O2/c1-11-4-5-14(8-12(11)2)17-9-13(6-7-16-3)10-19-15(17)18/h4-5,8,13,16H,6-7,9-10H2,1-3H3. The Hall–Kier alpha value is -1.55. The van der Waals surface area contributed by atoms with E-state index < -0.39 is 0 Å². The third-order valence-electron chi connectivity index (χ3n) is 3.71. The lowest BCUT2D eigenvalue weighted by Gasteiger charge is -2.32. The van der Waals surface area contributed by atoms with Gasteiger partial charge in [0.25, 0.3) is 0 Å². The van der Waals surface area contributed by atoms with E-state index in [2.05, 4.69) is 31.3 Å². The average Bonchev–Trinajstić information content (AvgIpc) is 2.41. The molecule has 1 atom stereocenters. The molecule has 104 valence electrons. The van der Waals surface area contributed by atoms with Crippen LogP contribution in [0.2, 0.25) is 0 Å². The average molecular weight is 262 g/mol. The molecular weight excluding hydrogens is 240 g/mol. The number of anilines is 1. The molecule has 2 rings (SSSR count). The molecule has 1 unspecified atom stereocenters. The van der Waals surface area contributed by atoms with Crippen molar-refractivity contribution in [3.8, 4) is 0 Å². The first-order valence-electron chi connectivity index (χ1n) is 6.78. The molecule has 4 nitrogen and oxygen atoms in total. The first-order chi connectivity index (χ1) is 9.11. The van der Waals surface area contributed by atoms with Gasteiger partial charge in [-0.25, -0.2) is 4.79 Å². The number of carbonyl (C=O) groups is 1. The van der Waals surface area contributed by atoms with Crippen LogP contribution in [0, 0.1) is 19.8 Å². The Morgan fingerprint density at radius 1 is 1.37 bits per heavy atom. The normalized spacial score (nSPS) is 19.4. The number of carbonyl (C=O) groups excluding carboxylic acids is 1. The highest BCUT2D eigenvalue weighted by atomic mass is 16.6. The smallest absolute Gasteiger partial charge is 0.414 e. The maximum atomic E-state index is 11.9. The van der Waals surface area contributed by atoms with Crippen LogP contribution in [0.1, 0.15) is 17.5 Å². The number of cyclic esters (lactones) is 1. The number of rotatable bonds is 4. The van der Waals surface area contributed by atoms with Crippen molar-refractivity contribution in [2.75, 3.05) is 31.6 Å². The third-order valence-corrected chi connectivity index (χ3v) is 3.71. The van der Waals surface area contributed by atoms with E-state index in [1.54, 1.807) is 4.90 Å². The van der Waals surface area contributed by atoms with Crippen molar-refractivity contribution in [3.63, 3.8) is 0 Å². The molecule has 1 fully saturated rings. The predicted molar refractivity (Wildman–Crippen MR) is 76.6 cm³/mol. The Kier molecular flexibility index (Phi) is 4.43. The largest absolute Gasteiger partial charge is 0.449 e. The Morgan fingerprint density at radius 3 is 2.84 bits per heavy atom. The number of aryl methyl sites for hydroxylation is 2. The minimum absolute atomic E-state index is 0.232. The lowest BCUT2D eigenvalue weighted by molar-refractivity contribution is 0.112. The maximum absolute atomic E-state index is 11.9. The number of benzene rings is 1. The van der Waals surface area contributed by atoms with Gasteiger partial charge in [-0.05, 0) is 57.1 Å². The fraction of sp³-hybridized carbons (Fsp3) is 0.533. The molecule has 0 radical (unpaired) electrons. The molecule has 1 aromatic rings. The lowest BCUT2D eigenvalue weighted by Crippen LogP contribution is -2.43. The molecule has 0 spiro atoms. The second kappa shape index (κ2) is 6.06. The van der Waals surface area contributed by atoms with E-state index in [9.17, 15) is 4.79 Å². The van der Waals surface area contributed by atoms with Gasteiger partial charge in [0.1, 0.15) is 0 Å². The molecule has 0 saturated carbocycles. The highest BCUT2D eigenvalue weighted by molar-refractivity contribution is 5.88. The third kappa shape index (κ3) is 3.26. The summed E-state index contributed by atoms with van der Waals surface area (Å²) in [5, 5.41) is 3.14. The summed E-state index contributed by atoms with van der Waals surface area (Å²) >= 11 is 0. The molecular formula is C15H22N2O2. The van der Waals surface area contributed by atoms with Crippen molar-refractivity contribution in [2.45, 2.75) is 20.3 Å². The van der Waals surface area contributed by atoms with Gasteiger partial charge in [-0.2, -0.15) is 0 Å². The number of nitrogens with zero attached hydrogens (tertiary/aromatic N) is 1. The molecule has 1 N–H and O–H groups in total. The number of ether oxygens (including phenoxy) is 1. The van der Waals surface area contributed by atoms with Gasteiger partial charge in [-0.3, -0.25) is 4.90 Å². The van der Waals surface area contributed by atoms with Crippen LogP contribution in [0.4, 0.5) is 10.5 Å². The van der Waals surface area contributed by atoms with E-state index in [1.807, 2.05) is 13.1 Å². The van der Waals surface area contributed by atoms with Crippen LogP contribution in [-0.2, 0) is 4.74 Å². The van der Waals surface area contributed by atoms with E-state index in [0.717, 1.165) is 25.2 Å². The van der Waals surface area contributed by atoms with Crippen LogP contribution in [0.15, 0.2) is 18.2 Å². The summed E-state index contributed by atoms with van der Waals surface area (Å²) < 4.78 is 5.28. The number of hydrogen-bond donors (Lipinski definition) is 1. The minimum atomic E-state index is -0.232. The van der Waals surface area contributed by atoms with Gasteiger partial charge in [0.15, 0.2) is 0 Å². The van der Waals surface area contributed by atoms with Gasteiger partial charge >= 0.3 is 6.09 Å². The fourth-order valence-electron chi connectivity index (χ4n) is 2.28. The Balaban J connectivity index is 2.11. The van der Waals surface area contributed by atoms with Crippen molar-refractivity contribution in [1.82, 2.24) is 5.32 Å². The molecule has 19 heavy (non-hydrogen) atoms. The van der Waals surface area contributed by atoms with E-state index in [-0.39, 0.29) is 6.09 Å². The van der Waals surface area contributed by atoms with Gasteiger partial charge in [0.05, 0.1) is 6.61 Å². The first kappa shape index (κ1) is 13.9. The van der Waals surface area contributed by atoms with Crippen LogP contribution in [0.25, 0.3) is 0 Å². The summed E-state index contributed by atoms with van der Waals surface area (Å²) in [6.45, 7) is 6.35. The quantitative estimate of drug-likeness (QED) is 0.906. The minimum Gasteiger partial charge on any atom is -0.449 e. The molecule has 1 amide bonds. The second-order valence-corrected chi connectivity index (χ2v) is 5.21. The zero-order valence-corrected chi connectivity index (χ0v) is 11.9. The van der Waals surface area contributed by atoms with Gasteiger partial charge in [-0.15, -0.1) is 0 Å². The van der Waals surface area contributed by atoms with E-state index >= 15 is 0 Å². The van der Waals surface area contributed by atoms with E-state index in [1.165, 1.54) is 11.1 Å². The molecule has 1 heterocycles. The summed E-state index contributed by atoms with van der Waals surface area (Å²) in [5.74, 6) is 0.395. The fourth-order valence-corrected chi connectivity index (χ4v) is 2.28. The summed E-state index contributed by atoms with van der Waals surface area (Å²) in [6, 6.07) is 6.09. The van der Waals surface area contributed by atoms with Gasteiger partial charge in [0, 0.05) is 18.2 Å². The molecule has 1 aliphatic rings. The zero-order valence-electron chi connectivity index (χ0n) is 11.9. The topological polar surface area (TPSA) is 41.6 Å². The van der Waals surface area contributed by atoms with Crippen molar-refractivity contribution < 1.29 is 9.53 Å². The molecule has 0 aliphatic carbocycles. The van der Waals surface area contributed by atoms with Crippen LogP contribution in [0.5, 0.6) is 0 Å². The van der Waals surface area contributed by atoms with Gasteiger partial charge in [-0.1, -0.05) is 6.07 Å². The van der Waals surface area contributed by atoms with Crippen LogP contribution in [0.3, 0.4) is 0 Å². The first-order valence-corrected chi connectivity index (χ1v) is 6.78. The molecule has 0 aromatic heterocycles. The summed E-state index contributed by atoms with van der Waals surface area (Å²) in [4.78, 5) is 13.6. The number of hydrogen-bond acceptors (Lipinski definition) is 3. The van der Waals surface area contributed by atoms with Gasteiger partial charge < -0.3 is 10.1 Å². The Bertz CT molecular complexity index is 459. The SMILES string of the molecule is CNCCC1COC(=O)N(c2ccc(C)c(C)c2)C1. The van der Waals surface area contributed by atoms with Crippen LogP contribution >= 0.6 is 0 Å². The van der Waals surface area contributed by atoms with E-state index in [4.69, 9.17) is 4.74 Å². The van der Waals surface area contributed by atoms with Crippen LogP contribution < -0.4 is 10.2 Å². The van der Waals surface area contributed by atoms with Gasteiger partial charge in [0.2, 0.25) is 0 Å². The lowest BCUT2D eigenvalue weighted by atomic mass is 10.0. The Morgan fingerprint density at radius 2 is 2.16 bits per heavy atom. The van der Waals surface area contributed by atoms with Crippen molar-refractivity contribution in [1.29, 1.82) is 0 Å². The zero-order chi connectivity index (χ0) is 13.8. The molecule has 0 bridgehead atoms. The predicted octanol–water partition coefficient (Wildman–Crippen LogP) is 2.49. The van der Waals surface area contributed by atoms with E-state index in [0.29, 0.717) is 12.5 Å². The molecule has 1 saturated heterocycles. The highest BCUT2D eigenvalue weighted by Gasteiger charge is 2.28. The number of nitrogens with one attached hydrogen (secondary N) is 1. The number of amides is 1. The molecule has 4 heteroatoms. The van der Waals surface area contributed by atoms with Crippen LogP contribution in [-0.4, -0.2) is 32.8 Å². The maximum Gasteiger partial charge on any atom is 0.414 e. The summed E-state index contributed by atoms with van der Waals surface area (Å²) in [6.07, 6.45) is 0.787. The summed E-state index contributed by atoms with van der Waals surface area (Å²) in [5.41, 5.74) is 3.37. The summed E-state index contributed by atoms with van der Waals surface area (Å²) in [7, 11) is 1.94. The van der Waals surface area contributed by atoms with Crippen molar-refractivity contribution in [2.24, 2.45) is 5.92 Å². The van der Waals surface area contributed by atoms with Crippen molar-refractivity contribution >= 4 is 11.8 Å². The monoisotopic (exact) mass is 262 g/mol. The Labute approximate surface area is 114 Å².